The molecule has 176 valence electrons. The fraction of sp³-hybridized carbons (Fsp3) is 0.107. The second kappa shape index (κ2) is 11.0. The van der Waals surface area contributed by atoms with Crippen LogP contribution in [0.5, 0.6) is 17.2 Å². The van der Waals surface area contributed by atoms with Gasteiger partial charge in [0.25, 0.3) is 5.91 Å². The van der Waals surface area contributed by atoms with Gasteiger partial charge >= 0.3 is 5.97 Å². The molecule has 0 saturated heterocycles. The number of hydrogen-bond donors (Lipinski definition) is 1. The lowest BCUT2D eigenvalue weighted by atomic mass is 10.1. The molecule has 7 nitrogen and oxygen atoms in total. The van der Waals surface area contributed by atoms with Gasteiger partial charge < -0.3 is 14.2 Å². The molecule has 0 aliphatic carbocycles. The van der Waals surface area contributed by atoms with Gasteiger partial charge in [-0.3, -0.25) is 4.79 Å². The van der Waals surface area contributed by atoms with Crippen LogP contribution in [0.15, 0.2) is 96.1 Å². The average Bonchev–Trinajstić information content (AvgIpc) is 2.89. The van der Waals surface area contributed by atoms with Crippen LogP contribution >= 0.6 is 0 Å². The highest BCUT2D eigenvalue weighted by Gasteiger charge is 2.14. The number of carbonyl (C=O) groups excluding carboxylic acids is 2. The largest absolute Gasteiger partial charge is 0.497 e. The van der Waals surface area contributed by atoms with E-state index in [1.807, 2.05) is 42.5 Å². The first-order chi connectivity index (χ1) is 17.0. The van der Waals surface area contributed by atoms with Crippen molar-refractivity contribution in [2.75, 3.05) is 7.11 Å². The molecular formula is C28H24N2O5. The lowest BCUT2D eigenvalue weighted by Gasteiger charge is -2.13. The predicted molar refractivity (Wildman–Crippen MR) is 134 cm³/mol. The van der Waals surface area contributed by atoms with Gasteiger partial charge in [-0.25, -0.2) is 10.2 Å². The van der Waals surface area contributed by atoms with Gasteiger partial charge in [0.1, 0.15) is 17.2 Å². The van der Waals surface area contributed by atoms with Crippen molar-refractivity contribution in [2.24, 2.45) is 5.10 Å². The van der Waals surface area contributed by atoms with E-state index in [0.717, 1.165) is 16.3 Å². The number of benzene rings is 4. The molecule has 0 radical (unpaired) electrons. The molecule has 1 N–H and O–H groups in total. The smallest absolute Gasteiger partial charge is 0.343 e. The van der Waals surface area contributed by atoms with E-state index in [9.17, 15) is 9.59 Å². The van der Waals surface area contributed by atoms with Gasteiger partial charge in [-0.2, -0.15) is 5.10 Å². The SMILES string of the molecule is COc1ccc(C(=O)Oc2ccc(/C=N/NC(=O)C(C)Oc3ccc4ccccc4c3)cc2)cc1. The van der Waals surface area contributed by atoms with Gasteiger partial charge in [-0.15, -0.1) is 0 Å². The molecule has 0 saturated carbocycles. The van der Waals surface area contributed by atoms with Crippen molar-refractivity contribution in [2.45, 2.75) is 13.0 Å². The first-order valence-corrected chi connectivity index (χ1v) is 11.0. The Labute approximate surface area is 202 Å². The summed E-state index contributed by atoms with van der Waals surface area (Å²) in [6.45, 7) is 1.66. The summed E-state index contributed by atoms with van der Waals surface area (Å²) in [5.41, 5.74) is 3.61. The van der Waals surface area contributed by atoms with Gasteiger partial charge in [0.2, 0.25) is 0 Å². The normalized spacial score (nSPS) is 11.7. The number of ether oxygens (including phenoxy) is 3. The zero-order chi connectivity index (χ0) is 24.6. The van der Waals surface area contributed by atoms with E-state index in [4.69, 9.17) is 14.2 Å². The monoisotopic (exact) mass is 468 g/mol. The number of methoxy groups -OCH3 is 1. The fourth-order valence-corrected chi connectivity index (χ4v) is 3.27. The molecule has 35 heavy (non-hydrogen) atoms. The average molecular weight is 469 g/mol. The minimum absolute atomic E-state index is 0.376. The van der Waals surface area contributed by atoms with Gasteiger partial charge in [-0.1, -0.05) is 30.3 Å². The highest BCUT2D eigenvalue weighted by Crippen LogP contribution is 2.21. The zero-order valence-corrected chi connectivity index (χ0v) is 19.3. The Balaban J connectivity index is 1.28. The molecule has 0 bridgehead atoms. The van der Waals surface area contributed by atoms with Gasteiger partial charge in [0, 0.05) is 0 Å². The van der Waals surface area contributed by atoms with Crippen molar-refractivity contribution in [1.82, 2.24) is 5.43 Å². The minimum atomic E-state index is -0.729. The molecule has 0 aliphatic heterocycles. The number of rotatable bonds is 8. The molecule has 0 heterocycles. The van der Waals surface area contributed by atoms with Crippen LogP contribution in [0.25, 0.3) is 10.8 Å². The first-order valence-electron chi connectivity index (χ1n) is 11.0. The molecule has 7 heteroatoms. The molecule has 0 aromatic heterocycles. The summed E-state index contributed by atoms with van der Waals surface area (Å²) in [5, 5.41) is 6.12. The minimum Gasteiger partial charge on any atom is -0.497 e. The molecule has 4 aromatic rings. The molecule has 4 aromatic carbocycles. The van der Waals surface area contributed by atoms with Crippen LogP contribution in [0.4, 0.5) is 0 Å². The van der Waals surface area contributed by atoms with Crippen LogP contribution in [0.1, 0.15) is 22.8 Å². The number of hydrazone groups is 1. The molecule has 1 atom stereocenters. The third kappa shape index (κ3) is 6.23. The topological polar surface area (TPSA) is 86.2 Å². The van der Waals surface area contributed by atoms with Crippen LogP contribution in [0.2, 0.25) is 0 Å². The summed E-state index contributed by atoms with van der Waals surface area (Å²) in [5.74, 6) is 0.813. The Kier molecular flexibility index (Phi) is 7.37. The number of nitrogens with one attached hydrogen (secondary N) is 1. The lowest BCUT2D eigenvalue weighted by Crippen LogP contribution is -2.33. The van der Waals surface area contributed by atoms with Gasteiger partial charge in [0.15, 0.2) is 6.10 Å². The molecule has 0 fully saturated rings. The van der Waals surface area contributed by atoms with E-state index < -0.39 is 12.1 Å². The molecule has 1 unspecified atom stereocenters. The van der Waals surface area contributed by atoms with Crippen LogP contribution < -0.4 is 19.6 Å². The van der Waals surface area contributed by atoms with Crippen molar-refractivity contribution >= 4 is 28.9 Å². The quantitative estimate of drug-likeness (QED) is 0.171. The van der Waals surface area contributed by atoms with E-state index in [-0.39, 0.29) is 5.91 Å². The summed E-state index contributed by atoms with van der Waals surface area (Å²) in [6, 6.07) is 27.0. The number of carbonyl (C=O) groups is 2. The van der Waals surface area contributed by atoms with E-state index in [0.29, 0.717) is 22.8 Å². The van der Waals surface area contributed by atoms with Crippen LogP contribution in [0.3, 0.4) is 0 Å². The van der Waals surface area contributed by atoms with Crippen molar-refractivity contribution in [3.05, 3.63) is 102 Å². The maximum atomic E-state index is 12.3. The number of nitrogens with zero attached hydrogens (tertiary/aromatic N) is 1. The molecule has 0 spiro atoms. The van der Waals surface area contributed by atoms with Crippen LogP contribution in [-0.2, 0) is 4.79 Å². The van der Waals surface area contributed by atoms with E-state index in [1.165, 1.54) is 6.21 Å². The van der Waals surface area contributed by atoms with E-state index >= 15 is 0 Å². The van der Waals surface area contributed by atoms with Gasteiger partial charge in [-0.05, 0) is 83.9 Å². The highest BCUT2D eigenvalue weighted by atomic mass is 16.5. The molecule has 1 amide bonds. The third-order valence-corrected chi connectivity index (χ3v) is 5.21. The summed E-state index contributed by atoms with van der Waals surface area (Å²) in [7, 11) is 1.56. The number of fused-ring (bicyclic) bond motifs is 1. The highest BCUT2D eigenvalue weighted by molar-refractivity contribution is 5.91. The fourth-order valence-electron chi connectivity index (χ4n) is 3.27. The molecule has 0 aliphatic rings. The van der Waals surface area contributed by atoms with Crippen LogP contribution in [-0.4, -0.2) is 31.3 Å². The number of amides is 1. The Morgan fingerprint density at radius 1 is 0.829 bits per heavy atom. The maximum absolute atomic E-state index is 12.3. The standard InChI is InChI=1S/C28H24N2O5/c1-19(34-26-16-9-21-5-3-4-6-23(21)17-26)27(31)30-29-18-20-7-12-25(13-8-20)35-28(32)22-10-14-24(33-2)15-11-22/h3-19H,1-2H3,(H,30,31)/b29-18+. The number of esters is 1. The summed E-state index contributed by atoms with van der Waals surface area (Å²) >= 11 is 0. The van der Waals surface area contributed by atoms with Crippen molar-refractivity contribution < 1.29 is 23.8 Å². The Morgan fingerprint density at radius 2 is 1.49 bits per heavy atom. The Hall–Kier alpha value is -4.65. The van der Waals surface area contributed by atoms with Crippen molar-refractivity contribution in [1.29, 1.82) is 0 Å². The van der Waals surface area contributed by atoms with Crippen molar-refractivity contribution in [3.8, 4) is 17.2 Å². The van der Waals surface area contributed by atoms with Crippen LogP contribution in [0, 0.1) is 0 Å². The lowest BCUT2D eigenvalue weighted by molar-refractivity contribution is -0.127. The number of hydrogen-bond acceptors (Lipinski definition) is 6. The summed E-state index contributed by atoms with van der Waals surface area (Å²) in [6.07, 6.45) is 0.767. The molecular weight excluding hydrogens is 444 g/mol. The third-order valence-electron chi connectivity index (χ3n) is 5.21. The van der Waals surface area contributed by atoms with Gasteiger partial charge in [0.05, 0.1) is 18.9 Å². The van der Waals surface area contributed by atoms with E-state index in [2.05, 4.69) is 10.5 Å². The Morgan fingerprint density at radius 3 is 2.20 bits per heavy atom. The Bertz CT molecular complexity index is 1350. The molecule has 4 rings (SSSR count). The maximum Gasteiger partial charge on any atom is 0.343 e. The second-order valence-corrected chi connectivity index (χ2v) is 7.69. The zero-order valence-electron chi connectivity index (χ0n) is 19.3. The summed E-state index contributed by atoms with van der Waals surface area (Å²) < 4.78 is 16.2. The van der Waals surface area contributed by atoms with E-state index in [1.54, 1.807) is 62.6 Å². The summed E-state index contributed by atoms with van der Waals surface area (Å²) in [4.78, 5) is 24.6. The van der Waals surface area contributed by atoms with Crippen molar-refractivity contribution in [3.63, 3.8) is 0 Å². The predicted octanol–water partition coefficient (Wildman–Crippen LogP) is 4.99. The first kappa shape index (κ1) is 23.5. The second-order valence-electron chi connectivity index (χ2n) is 7.69.